The van der Waals surface area contributed by atoms with Crippen LogP contribution < -0.4 is 5.32 Å². The van der Waals surface area contributed by atoms with Crippen molar-refractivity contribution in [2.45, 2.75) is 33.2 Å². The number of nitrogens with one attached hydrogen (secondary N) is 1. The van der Waals surface area contributed by atoms with Gasteiger partial charge in [-0.25, -0.2) is 0 Å². The van der Waals surface area contributed by atoms with Crippen molar-refractivity contribution in [1.82, 2.24) is 5.32 Å². The minimum absolute atomic E-state index is 0.103. The Hall–Kier alpha value is -0.900. The summed E-state index contributed by atoms with van der Waals surface area (Å²) in [5, 5.41) is 12.1. The van der Waals surface area contributed by atoms with E-state index in [0.717, 1.165) is 13.0 Å². The Bertz CT molecular complexity index is 352. The molecule has 0 aliphatic rings. The van der Waals surface area contributed by atoms with Crippen molar-refractivity contribution in [2.75, 3.05) is 26.4 Å². The van der Waals surface area contributed by atoms with E-state index < -0.39 is 0 Å². The maximum atomic E-state index is 8.58. The molecule has 0 fully saturated rings. The number of aliphatic hydroxyl groups excluding tert-OH is 1. The lowest BCUT2D eigenvalue weighted by atomic mass is 10.00. The predicted octanol–water partition coefficient (Wildman–Crippen LogP) is 2.35. The number of rotatable bonds is 8. The molecule has 0 heterocycles. The maximum absolute atomic E-state index is 8.58. The van der Waals surface area contributed by atoms with Crippen LogP contribution >= 0.6 is 0 Å². The highest BCUT2D eigenvalue weighted by Gasteiger charge is 2.07. The molecule has 1 aromatic carbocycles. The molecule has 1 atom stereocenters. The molecule has 0 saturated heterocycles. The van der Waals surface area contributed by atoms with Gasteiger partial charge in [-0.05, 0) is 44.9 Å². The van der Waals surface area contributed by atoms with E-state index in [4.69, 9.17) is 9.84 Å². The summed E-state index contributed by atoms with van der Waals surface area (Å²) in [5.41, 5.74) is 4.00. The van der Waals surface area contributed by atoms with Crippen LogP contribution in [0.15, 0.2) is 18.2 Å². The standard InChI is InChI=1S/C15H25NO2/c1-12-5-6-13(2)15(11-12)14(3)16-7-4-9-18-10-8-17/h5-6,11,14,16-17H,4,7-10H2,1-3H3. The Morgan fingerprint density at radius 1 is 1.28 bits per heavy atom. The molecule has 18 heavy (non-hydrogen) atoms. The maximum Gasteiger partial charge on any atom is 0.0697 e. The van der Waals surface area contributed by atoms with E-state index in [2.05, 4.69) is 44.3 Å². The molecular weight excluding hydrogens is 226 g/mol. The van der Waals surface area contributed by atoms with E-state index in [1.165, 1.54) is 16.7 Å². The van der Waals surface area contributed by atoms with Crippen LogP contribution in [-0.2, 0) is 4.74 Å². The van der Waals surface area contributed by atoms with Crippen molar-refractivity contribution in [3.05, 3.63) is 34.9 Å². The van der Waals surface area contributed by atoms with Gasteiger partial charge in [-0.2, -0.15) is 0 Å². The first-order chi connectivity index (χ1) is 8.65. The molecule has 0 bridgehead atoms. The first kappa shape index (κ1) is 15.2. The lowest BCUT2D eigenvalue weighted by Crippen LogP contribution is -2.22. The summed E-state index contributed by atoms with van der Waals surface area (Å²) in [6.07, 6.45) is 0.967. The fourth-order valence-electron chi connectivity index (χ4n) is 2.00. The van der Waals surface area contributed by atoms with Crippen LogP contribution in [0.4, 0.5) is 0 Å². The van der Waals surface area contributed by atoms with Crippen LogP contribution in [0.3, 0.4) is 0 Å². The minimum atomic E-state index is 0.103. The zero-order valence-corrected chi connectivity index (χ0v) is 11.7. The Balaban J connectivity index is 2.31. The molecule has 3 nitrogen and oxygen atoms in total. The van der Waals surface area contributed by atoms with Crippen molar-refractivity contribution in [2.24, 2.45) is 0 Å². The van der Waals surface area contributed by atoms with Crippen LogP contribution in [0.1, 0.15) is 36.1 Å². The van der Waals surface area contributed by atoms with Crippen LogP contribution in [-0.4, -0.2) is 31.5 Å². The zero-order chi connectivity index (χ0) is 13.4. The third kappa shape index (κ3) is 5.17. The smallest absolute Gasteiger partial charge is 0.0697 e. The molecule has 0 aliphatic heterocycles. The average Bonchev–Trinajstić information content (AvgIpc) is 2.36. The van der Waals surface area contributed by atoms with E-state index in [-0.39, 0.29) is 6.61 Å². The third-order valence-electron chi connectivity index (χ3n) is 3.05. The molecule has 2 N–H and O–H groups in total. The van der Waals surface area contributed by atoms with Crippen LogP contribution in [0.2, 0.25) is 0 Å². The predicted molar refractivity (Wildman–Crippen MR) is 74.9 cm³/mol. The first-order valence-electron chi connectivity index (χ1n) is 6.64. The summed E-state index contributed by atoms with van der Waals surface area (Å²) in [7, 11) is 0. The first-order valence-corrected chi connectivity index (χ1v) is 6.64. The van der Waals surface area contributed by atoms with Gasteiger partial charge in [0.25, 0.3) is 0 Å². The summed E-state index contributed by atoms with van der Waals surface area (Å²) >= 11 is 0. The molecule has 1 unspecified atom stereocenters. The molecule has 0 saturated carbocycles. The Morgan fingerprint density at radius 3 is 2.78 bits per heavy atom. The van der Waals surface area contributed by atoms with E-state index in [0.29, 0.717) is 19.3 Å². The van der Waals surface area contributed by atoms with Crippen LogP contribution in [0.25, 0.3) is 0 Å². The number of aliphatic hydroxyl groups is 1. The molecule has 0 amide bonds. The zero-order valence-electron chi connectivity index (χ0n) is 11.7. The molecule has 0 aromatic heterocycles. The number of benzene rings is 1. The number of aryl methyl sites for hydroxylation is 2. The van der Waals surface area contributed by atoms with Gasteiger partial charge in [-0.3, -0.25) is 0 Å². The second-order valence-corrected chi connectivity index (χ2v) is 4.73. The van der Waals surface area contributed by atoms with E-state index in [1.54, 1.807) is 0 Å². The van der Waals surface area contributed by atoms with Gasteiger partial charge in [-0.15, -0.1) is 0 Å². The van der Waals surface area contributed by atoms with Crippen LogP contribution in [0.5, 0.6) is 0 Å². The summed E-state index contributed by atoms with van der Waals surface area (Å²) in [5.74, 6) is 0. The van der Waals surface area contributed by atoms with Gasteiger partial charge in [0, 0.05) is 12.6 Å². The van der Waals surface area contributed by atoms with Crippen molar-refractivity contribution >= 4 is 0 Å². The number of hydrogen-bond donors (Lipinski definition) is 2. The van der Waals surface area contributed by atoms with Gasteiger partial charge in [-0.1, -0.05) is 23.8 Å². The normalized spacial score (nSPS) is 12.7. The molecule has 0 spiro atoms. The minimum Gasteiger partial charge on any atom is -0.394 e. The number of hydrogen-bond acceptors (Lipinski definition) is 3. The summed E-state index contributed by atoms with van der Waals surface area (Å²) in [6, 6.07) is 6.93. The van der Waals surface area contributed by atoms with Crippen LogP contribution in [0, 0.1) is 13.8 Å². The van der Waals surface area contributed by atoms with Crippen molar-refractivity contribution in [3.63, 3.8) is 0 Å². The monoisotopic (exact) mass is 251 g/mol. The second-order valence-electron chi connectivity index (χ2n) is 4.73. The van der Waals surface area contributed by atoms with Crippen molar-refractivity contribution in [3.8, 4) is 0 Å². The average molecular weight is 251 g/mol. The molecule has 0 radical (unpaired) electrons. The van der Waals surface area contributed by atoms with Gasteiger partial charge in [0.15, 0.2) is 0 Å². The quantitative estimate of drug-likeness (QED) is 0.697. The highest BCUT2D eigenvalue weighted by molar-refractivity contribution is 5.32. The summed E-state index contributed by atoms with van der Waals surface area (Å²) in [4.78, 5) is 0. The Morgan fingerprint density at radius 2 is 2.06 bits per heavy atom. The molecule has 102 valence electrons. The SMILES string of the molecule is Cc1ccc(C)c(C(C)NCCCOCCO)c1. The number of ether oxygens (including phenoxy) is 1. The van der Waals surface area contributed by atoms with Gasteiger partial charge < -0.3 is 15.2 Å². The molecule has 3 heteroatoms. The van der Waals surface area contributed by atoms with E-state index >= 15 is 0 Å². The largest absolute Gasteiger partial charge is 0.394 e. The summed E-state index contributed by atoms with van der Waals surface area (Å²) in [6.45, 7) is 8.64. The Kier molecular flexibility index (Phi) is 6.94. The molecule has 1 aromatic rings. The second kappa shape index (κ2) is 8.25. The lowest BCUT2D eigenvalue weighted by Gasteiger charge is -2.17. The van der Waals surface area contributed by atoms with E-state index in [9.17, 15) is 0 Å². The van der Waals surface area contributed by atoms with E-state index in [1.807, 2.05) is 0 Å². The highest BCUT2D eigenvalue weighted by atomic mass is 16.5. The van der Waals surface area contributed by atoms with Gasteiger partial charge in [0.1, 0.15) is 0 Å². The molecular formula is C15H25NO2. The van der Waals surface area contributed by atoms with Gasteiger partial charge >= 0.3 is 0 Å². The summed E-state index contributed by atoms with van der Waals surface area (Å²) < 4.78 is 5.22. The lowest BCUT2D eigenvalue weighted by molar-refractivity contribution is 0.0904. The van der Waals surface area contributed by atoms with Gasteiger partial charge in [0.2, 0.25) is 0 Å². The fourth-order valence-corrected chi connectivity index (χ4v) is 2.00. The molecule has 1 rings (SSSR count). The topological polar surface area (TPSA) is 41.5 Å². The fraction of sp³-hybridized carbons (Fsp3) is 0.600. The molecule has 0 aliphatic carbocycles. The third-order valence-corrected chi connectivity index (χ3v) is 3.05. The van der Waals surface area contributed by atoms with Gasteiger partial charge in [0.05, 0.1) is 13.2 Å². The van der Waals surface area contributed by atoms with Crippen molar-refractivity contribution in [1.29, 1.82) is 0 Å². The van der Waals surface area contributed by atoms with Crippen molar-refractivity contribution < 1.29 is 9.84 Å². The highest BCUT2D eigenvalue weighted by Crippen LogP contribution is 2.18. The Labute approximate surface area is 110 Å².